The second-order valence-corrected chi connectivity index (χ2v) is 5.01. The van der Waals surface area contributed by atoms with Crippen LogP contribution in [0.1, 0.15) is 34.3 Å². The maximum absolute atomic E-state index is 12.1. The SMILES string of the molecule is Cc1cc(C(=O)Nc2cnn([C@@H]3CCOC3)c2)c(C)o1. The van der Waals surface area contributed by atoms with Gasteiger partial charge in [-0.05, 0) is 26.3 Å². The number of carbonyl (C=O) groups excluding carboxylic acids is 1. The van der Waals surface area contributed by atoms with Crippen molar-refractivity contribution in [2.45, 2.75) is 26.3 Å². The Hall–Kier alpha value is -2.08. The lowest BCUT2D eigenvalue weighted by Gasteiger charge is -2.06. The first-order valence-corrected chi connectivity index (χ1v) is 6.64. The molecule has 20 heavy (non-hydrogen) atoms. The Morgan fingerprint density at radius 1 is 1.50 bits per heavy atom. The molecule has 1 aliphatic heterocycles. The maximum Gasteiger partial charge on any atom is 0.259 e. The molecule has 0 radical (unpaired) electrons. The summed E-state index contributed by atoms with van der Waals surface area (Å²) in [6, 6.07) is 2.00. The molecule has 0 bridgehead atoms. The van der Waals surface area contributed by atoms with Gasteiger partial charge in [-0.2, -0.15) is 5.10 Å². The van der Waals surface area contributed by atoms with E-state index in [0.717, 1.165) is 18.8 Å². The first kappa shape index (κ1) is 12.9. The molecular weight excluding hydrogens is 258 g/mol. The molecule has 6 heteroatoms. The second-order valence-electron chi connectivity index (χ2n) is 5.01. The number of rotatable bonds is 3. The van der Waals surface area contributed by atoms with Crippen molar-refractivity contribution >= 4 is 11.6 Å². The molecule has 1 saturated heterocycles. The van der Waals surface area contributed by atoms with Gasteiger partial charge in [-0.3, -0.25) is 9.48 Å². The molecule has 1 fully saturated rings. The van der Waals surface area contributed by atoms with Gasteiger partial charge in [0.2, 0.25) is 0 Å². The van der Waals surface area contributed by atoms with Gasteiger partial charge >= 0.3 is 0 Å². The molecule has 3 rings (SSSR count). The fourth-order valence-corrected chi connectivity index (χ4v) is 2.39. The van der Waals surface area contributed by atoms with Crippen LogP contribution in [0, 0.1) is 13.8 Å². The standard InChI is InChI=1S/C14H17N3O3/c1-9-5-13(10(2)20-9)14(18)16-11-6-15-17(7-11)12-3-4-19-8-12/h5-7,12H,3-4,8H2,1-2H3,(H,16,18)/t12-/m1/s1. The minimum atomic E-state index is -0.179. The normalized spacial score (nSPS) is 18.4. The Bertz CT molecular complexity index is 623. The van der Waals surface area contributed by atoms with Gasteiger partial charge in [-0.1, -0.05) is 0 Å². The Labute approximate surface area is 116 Å². The smallest absolute Gasteiger partial charge is 0.259 e. The van der Waals surface area contributed by atoms with Crippen LogP contribution >= 0.6 is 0 Å². The summed E-state index contributed by atoms with van der Waals surface area (Å²) in [5.74, 6) is 1.17. The number of nitrogens with one attached hydrogen (secondary N) is 1. The van der Waals surface area contributed by atoms with Gasteiger partial charge in [0.05, 0.1) is 30.1 Å². The number of furan rings is 1. The maximum atomic E-state index is 12.1. The first-order chi connectivity index (χ1) is 9.63. The molecule has 1 atom stereocenters. The summed E-state index contributed by atoms with van der Waals surface area (Å²) < 4.78 is 12.5. The number of nitrogens with zero attached hydrogens (tertiary/aromatic N) is 2. The van der Waals surface area contributed by atoms with Gasteiger partial charge < -0.3 is 14.5 Å². The number of anilines is 1. The van der Waals surface area contributed by atoms with Gasteiger partial charge in [0.15, 0.2) is 0 Å². The summed E-state index contributed by atoms with van der Waals surface area (Å²) >= 11 is 0. The quantitative estimate of drug-likeness (QED) is 0.933. The van der Waals surface area contributed by atoms with E-state index < -0.39 is 0 Å². The fourth-order valence-electron chi connectivity index (χ4n) is 2.39. The third kappa shape index (κ3) is 2.46. The minimum absolute atomic E-state index is 0.179. The zero-order valence-electron chi connectivity index (χ0n) is 11.5. The number of amides is 1. The highest BCUT2D eigenvalue weighted by Crippen LogP contribution is 2.20. The van der Waals surface area contributed by atoms with Crippen molar-refractivity contribution in [3.05, 3.63) is 35.5 Å². The van der Waals surface area contributed by atoms with Crippen molar-refractivity contribution in [2.75, 3.05) is 18.5 Å². The average molecular weight is 275 g/mol. The van der Waals surface area contributed by atoms with Crippen molar-refractivity contribution in [3.63, 3.8) is 0 Å². The predicted octanol–water partition coefficient (Wildman–Crippen LogP) is 2.31. The summed E-state index contributed by atoms with van der Waals surface area (Å²) in [6.07, 6.45) is 4.44. The molecule has 3 heterocycles. The van der Waals surface area contributed by atoms with Crippen LogP contribution in [0.5, 0.6) is 0 Å². The van der Waals surface area contributed by atoms with Crippen LogP contribution in [0.4, 0.5) is 5.69 Å². The molecule has 0 aliphatic carbocycles. The third-order valence-electron chi connectivity index (χ3n) is 3.42. The van der Waals surface area contributed by atoms with Gasteiger partial charge in [-0.25, -0.2) is 0 Å². The van der Waals surface area contributed by atoms with Crippen LogP contribution in [-0.4, -0.2) is 28.9 Å². The Morgan fingerprint density at radius 2 is 2.35 bits per heavy atom. The van der Waals surface area contributed by atoms with Crippen LogP contribution in [0.15, 0.2) is 22.9 Å². The molecule has 2 aromatic rings. The number of hydrogen-bond acceptors (Lipinski definition) is 4. The lowest BCUT2D eigenvalue weighted by atomic mass is 10.2. The van der Waals surface area contributed by atoms with Crippen LogP contribution in [-0.2, 0) is 4.74 Å². The second kappa shape index (κ2) is 5.13. The van der Waals surface area contributed by atoms with E-state index in [4.69, 9.17) is 9.15 Å². The van der Waals surface area contributed by atoms with E-state index in [0.29, 0.717) is 23.6 Å². The minimum Gasteiger partial charge on any atom is -0.466 e. The van der Waals surface area contributed by atoms with E-state index in [9.17, 15) is 4.79 Å². The average Bonchev–Trinajstić information content (AvgIpc) is 3.09. The van der Waals surface area contributed by atoms with E-state index in [1.165, 1.54) is 0 Å². The molecule has 1 amide bonds. The van der Waals surface area contributed by atoms with E-state index in [-0.39, 0.29) is 11.9 Å². The van der Waals surface area contributed by atoms with Crippen molar-refractivity contribution in [1.29, 1.82) is 0 Å². The summed E-state index contributed by atoms with van der Waals surface area (Å²) in [5.41, 5.74) is 1.24. The Morgan fingerprint density at radius 3 is 3.00 bits per heavy atom. The van der Waals surface area contributed by atoms with Crippen molar-refractivity contribution in [1.82, 2.24) is 9.78 Å². The molecule has 0 spiro atoms. The monoisotopic (exact) mass is 275 g/mol. The van der Waals surface area contributed by atoms with E-state index in [2.05, 4.69) is 10.4 Å². The molecular formula is C14H17N3O3. The first-order valence-electron chi connectivity index (χ1n) is 6.64. The fraction of sp³-hybridized carbons (Fsp3) is 0.429. The van der Waals surface area contributed by atoms with E-state index >= 15 is 0 Å². The molecule has 0 unspecified atom stereocenters. The summed E-state index contributed by atoms with van der Waals surface area (Å²) in [6.45, 7) is 5.04. The largest absolute Gasteiger partial charge is 0.466 e. The molecule has 1 aliphatic rings. The van der Waals surface area contributed by atoms with Crippen molar-refractivity contribution in [2.24, 2.45) is 0 Å². The number of ether oxygens (including phenoxy) is 1. The molecule has 0 saturated carbocycles. The Balaban J connectivity index is 1.71. The lowest BCUT2D eigenvalue weighted by Crippen LogP contribution is -2.12. The predicted molar refractivity (Wildman–Crippen MR) is 72.8 cm³/mol. The van der Waals surface area contributed by atoms with Gasteiger partial charge in [0.1, 0.15) is 11.5 Å². The van der Waals surface area contributed by atoms with Crippen LogP contribution in [0.2, 0.25) is 0 Å². The summed E-state index contributed by atoms with van der Waals surface area (Å²) in [7, 11) is 0. The molecule has 6 nitrogen and oxygen atoms in total. The number of aryl methyl sites for hydroxylation is 2. The molecule has 0 aromatic carbocycles. The molecule has 2 aromatic heterocycles. The zero-order valence-corrected chi connectivity index (χ0v) is 11.5. The zero-order chi connectivity index (χ0) is 14.1. The van der Waals surface area contributed by atoms with E-state index in [1.807, 2.05) is 17.8 Å². The Kier molecular flexibility index (Phi) is 3.31. The van der Waals surface area contributed by atoms with Gasteiger partial charge in [0.25, 0.3) is 5.91 Å². The van der Waals surface area contributed by atoms with E-state index in [1.54, 1.807) is 19.2 Å². The number of aromatic nitrogens is 2. The molecule has 106 valence electrons. The topological polar surface area (TPSA) is 69.3 Å². The summed E-state index contributed by atoms with van der Waals surface area (Å²) in [4.78, 5) is 12.1. The van der Waals surface area contributed by atoms with Crippen LogP contribution < -0.4 is 5.32 Å². The number of carbonyl (C=O) groups is 1. The van der Waals surface area contributed by atoms with Gasteiger partial charge in [-0.15, -0.1) is 0 Å². The van der Waals surface area contributed by atoms with Gasteiger partial charge in [0, 0.05) is 12.8 Å². The highest BCUT2D eigenvalue weighted by Gasteiger charge is 2.19. The lowest BCUT2D eigenvalue weighted by molar-refractivity contribution is 0.102. The van der Waals surface area contributed by atoms with Crippen molar-refractivity contribution < 1.29 is 13.9 Å². The number of hydrogen-bond donors (Lipinski definition) is 1. The third-order valence-corrected chi connectivity index (χ3v) is 3.42. The highest BCUT2D eigenvalue weighted by atomic mass is 16.5. The molecule has 1 N–H and O–H groups in total. The highest BCUT2D eigenvalue weighted by molar-refractivity contribution is 6.04. The van der Waals surface area contributed by atoms with Crippen LogP contribution in [0.25, 0.3) is 0 Å². The van der Waals surface area contributed by atoms with Crippen LogP contribution in [0.3, 0.4) is 0 Å². The van der Waals surface area contributed by atoms with Crippen molar-refractivity contribution in [3.8, 4) is 0 Å². The summed E-state index contributed by atoms with van der Waals surface area (Å²) in [5, 5.41) is 7.10.